The summed E-state index contributed by atoms with van der Waals surface area (Å²) in [7, 11) is -1.37. The molecule has 0 saturated carbocycles. The quantitative estimate of drug-likeness (QED) is 0.602. The van der Waals surface area contributed by atoms with Crippen molar-refractivity contribution in [2.75, 3.05) is 24.3 Å². The number of rotatable bonds is 4. The molecule has 2 aromatic rings. The molecule has 26 heavy (non-hydrogen) atoms. The number of carbonyl (C=O) groups is 1. The zero-order valence-corrected chi connectivity index (χ0v) is 17.6. The van der Waals surface area contributed by atoms with Gasteiger partial charge in [-0.15, -0.1) is 11.3 Å². The van der Waals surface area contributed by atoms with Crippen LogP contribution in [0.4, 0.5) is 5.82 Å². The number of aromatic nitrogens is 2. The molecule has 1 aliphatic heterocycles. The maximum Gasteiger partial charge on any atom is 0.235 e. The highest BCUT2D eigenvalue weighted by atomic mass is 32.2. The fourth-order valence-electron chi connectivity index (χ4n) is 3.07. The van der Waals surface area contributed by atoms with E-state index in [1.807, 2.05) is 13.8 Å². The van der Waals surface area contributed by atoms with Gasteiger partial charge < -0.3 is 10.6 Å². The fourth-order valence-corrected chi connectivity index (χ4v) is 6.82. The molecule has 0 aliphatic carbocycles. The van der Waals surface area contributed by atoms with Crippen molar-refractivity contribution in [3.63, 3.8) is 0 Å². The van der Waals surface area contributed by atoms with Gasteiger partial charge in [-0.1, -0.05) is 11.8 Å². The largest absolute Gasteiger partial charge is 0.383 e. The van der Waals surface area contributed by atoms with Crippen LogP contribution in [0, 0.1) is 13.8 Å². The summed E-state index contributed by atoms with van der Waals surface area (Å²) >= 11 is 2.81. The van der Waals surface area contributed by atoms with E-state index in [2.05, 4.69) is 9.97 Å². The average Bonchev–Trinajstić information content (AvgIpc) is 3.05. The summed E-state index contributed by atoms with van der Waals surface area (Å²) in [5, 5.41) is 0.913. The molecule has 2 N–H and O–H groups in total. The van der Waals surface area contributed by atoms with Gasteiger partial charge in [-0.2, -0.15) is 0 Å². The number of thioether (sulfide) groups is 1. The lowest BCUT2D eigenvalue weighted by atomic mass is 10.2. The molecular formula is C16H22N4O3S3. The number of anilines is 1. The van der Waals surface area contributed by atoms with E-state index in [1.165, 1.54) is 11.8 Å². The minimum absolute atomic E-state index is 0.0375. The number of fused-ring (bicyclic) bond motifs is 1. The number of amides is 1. The highest BCUT2D eigenvalue weighted by Crippen LogP contribution is 2.34. The van der Waals surface area contributed by atoms with Crippen LogP contribution in [0.1, 0.15) is 23.8 Å². The SMILES string of the molecule is Cc1sc2nc(SC(C)C(=O)N(C)C3CCS(=O)(=O)C3)nc(N)c2c1C. The normalized spacial score (nSPS) is 20.4. The highest BCUT2D eigenvalue weighted by Gasteiger charge is 2.34. The van der Waals surface area contributed by atoms with Crippen LogP contribution in [-0.2, 0) is 14.6 Å². The van der Waals surface area contributed by atoms with Crippen LogP contribution in [-0.4, -0.2) is 59.0 Å². The third kappa shape index (κ3) is 3.67. The molecule has 0 spiro atoms. The summed E-state index contributed by atoms with van der Waals surface area (Å²) < 4.78 is 23.3. The molecule has 1 saturated heterocycles. The topological polar surface area (TPSA) is 106 Å². The molecule has 10 heteroatoms. The smallest absolute Gasteiger partial charge is 0.235 e. The Kier molecular flexibility index (Phi) is 5.19. The Hall–Kier alpha value is -1.39. The second-order valence-corrected chi connectivity index (χ2v) is 11.4. The van der Waals surface area contributed by atoms with Crippen LogP contribution in [0.2, 0.25) is 0 Å². The first-order valence-electron chi connectivity index (χ1n) is 8.26. The predicted octanol–water partition coefficient (Wildman–Crippen LogP) is 2.02. The molecule has 2 atom stereocenters. The molecule has 3 rings (SSSR count). The Labute approximate surface area is 161 Å². The van der Waals surface area contributed by atoms with Gasteiger partial charge in [0.25, 0.3) is 0 Å². The third-order valence-electron chi connectivity index (χ3n) is 4.77. The molecule has 0 bridgehead atoms. The summed E-state index contributed by atoms with van der Waals surface area (Å²) in [5.74, 6) is 0.479. The van der Waals surface area contributed by atoms with Gasteiger partial charge in [0.1, 0.15) is 10.6 Å². The zero-order valence-electron chi connectivity index (χ0n) is 15.1. The van der Waals surface area contributed by atoms with Crippen LogP contribution >= 0.6 is 23.1 Å². The molecule has 142 valence electrons. The number of hydrogen-bond donors (Lipinski definition) is 1. The maximum absolute atomic E-state index is 12.7. The van der Waals surface area contributed by atoms with Crippen molar-refractivity contribution in [3.8, 4) is 0 Å². The van der Waals surface area contributed by atoms with Gasteiger partial charge in [-0.25, -0.2) is 18.4 Å². The van der Waals surface area contributed by atoms with Gasteiger partial charge >= 0.3 is 0 Å². The molecule has 1 aliphatic rings. The standard InChI is InChI=1S/C16H22N4O3S3/c1-8-9(2)24-14-12(8)13(17)18-16(19-14)25-10(3)15(21)20(4)11-5-6-26(22,23)7-11/h10-11H,5-7H2,1-4H3,(H2,17,18,19). The van der Waals surface area contributed by atoms with Crippen molar-refractivity contribution in [1.29, 1.82) is 0 Å². The number of thiophene rings is 1. The van der Waals surface area contributed by atoms with Gasteiger partial charge in [-0.3, -0.25) is 4.79 Å². The molecule has 0 aromatic carbocycles. The van der Waals surface area contributed by atoms with Gasteiger partial charge in [0.05, 0.1) is 22.1 Å². The van der Waals surface area contributed by atoms with Crippen molar-refractivity contribution < 1.29 is 13.2 Å². The summed E-state index contributed by atoms with van der Waals surface area (Å²) in [4.78, 5) is 25.1. The van der Waals surface area contributed by atoms with Crippen molar-refractivity contribution >= 4 is 54.9 Å². The van der Waals surface area contributed by atoms with E-state index in [1.54, 1.807) is 30.2 Å². The number of nitrogens with zero attached hydrogens (tertiary/aromatic N) is 3. The van der Waals surface area contributed by atoms with E-state index >= 15 is 0 Å². The second-order valence-electron chi connectivity index (χ2n) is 6.62. The Morgan fingerprint density at radius 3 is 2.69 bits per heavy atom. The van der Waals surface area contributed by atoms with Crippen LogP contribution in [0.15, 0.2) is 5.16 Å². The predicted molar refractivity (Wildman–Crippen MR) is 106 cm³/mol. The first-order chi connectivity index (χ1) is 12.1. The maximum atomic E-state index is 12.7. The average molecular weight is 415 g/mol. The minimum Gasteiger partial charge on any atom is -0.383 e. The van der Waals surface area contributed by atoms with Crippen molar-refractivity contribution in [2.24, 2.45) is 0 Å². The molecule has 2 unspecified atom stereocenters. The van der Waals surface area contributed by atoms with E-state index in [-0.39, 0.29) is 23.5 Å². The molecule has 1 amide bonds. The van der Waals surface area contributed by atoms with Crippen LogP contribution in [0.5, 0.6) is 0 Å². The van der Waals surface area contributed by atoms with Gasteiger partial charge in [0.2, 0.25) is 5.91 Å². The molecule has 3 heterocycles. The number of carbonyl (C=O) groups excluding carboxylic acids is 1. The third-order valence-corrected chi connectivity index (χ3v) is 8.57. The van der Waals surface area contributed by atoms with E-state index < -0.39 is 15.1 Å². The summed E-state index contributed by atoms with van der Waals surface area (Å²) in [5.41, 5.74) is 7.18. The minimum atomic E-state index is -3.03. The Balaban J connectivity index is 1.76. The number of nitrogen functional groups attached to an aromatic ring is 1. The summed E-state index contributed by atoms with van der Waals surface area (Å²) in [6.07, 6.45) is 0.491. The van der Waals surface area contributed by atoms with E-state index in [9.17, 15) is 13.2 Å². The lowest BCUT2D eigenvalue weighted by Gasteiger charge is -2.26. The summed E-state index contributed by atoms with van der Waals surface area (Å²) in [6.45, 7) is 5.80. The molecule has 2 aromatic heterocycles. The Morgan fingerprint density at radius 2 is 2.08 bits per heavy atom. The number of sulfone groups is 1. The van der Waals surface area contributed by atoms with E-state index in [4.69, 9.17) is 5.73 Å². The molecule has 0 radical (unpaired) electrons. The molecule has 1 fully saturated rings. The van der Waals surface area contributed by atoms with Crippen molar-refractivity contribution in [2.45, 2.75) is 43.6 Å². The van der Waals surface area contributed by atoms with Crippen LogP contribution in [0.3, 0.4) is 0 Å². The van der Waals surface area contributed by atoms with Crippen LogP contribution < -0.4 is 5.73 Å². The molecule has 7 nitrogen and oxygen atoms in total. The zero-order chi connectivity index (χ0) is 19.2. The highest BCUT2D eigenvalue weighted by molar-refractivity contribution is 8.00. The monoisotopic (exact) mass is 414 g/mol. The lowest BCUT2D eigenvalue weighted by molar-refractivity contribution is -0.130. The number of aryl methyl sites for hydroxylation is 2. The number of nitrogens with two attached hydrogens (primary N) is 1. The first-order valence-corrected chi connectivity index (χ1v) is 11.8. The Bertz CT molecular complexity index is 971. The van der Waals surface area contributed by atoms with E-state index in [0.29, 0.717) is 17.4 Å². The second kappa shape index (κ2) is 6.97. The summed E-state index contributed by atoms with van der Waals surface area (Å²) in [6, 6.07) is -0.258. The van der Waals surface area contributed by atoms with E-state index in [0.717, 1.165) is 20.7 Å². The van der Waals surface area contributed by atoms with Gasteiger partial charge in [0, 0.05) is 18.0 Å². The van der Waals surface area contributed by atoms with Crippen LogP contribution in [0.25, 0.3) is 10.2 Å². The van der Waals surface area contributed by atoms with Gasteiger partial charge in [-0.05, 0) is 32.8 Å². The lowest BCUT2D eigenvalue weighted by Crippen LogP contribution is -2.41. The van der Waals surface area contributed by atoms with Gasteiger partial charge in [0.15, 0.2) is 15.0 Å². The van der Waals surface area contributed by atoms with Crippen molar-refractivity contribution in [1.82, 2.24) is 14.9 Å². The van der Waals surface area contributed by atoms with Crippen molar-refractivity contribution in [3.05, 3.63) is 10.4 Å². The number of hydrogen-bond acceptors (Lipinski definition) is 8. The fraction of sp³-hybridized carbons (Fsp3) is 0.562. The Morgan fingerprint density at radius 1 is 1.38 bits per heavy atom. The first kappa shape index (κ1) is 19.4. The molecular weight excluding hydrogens is 392 g/mol.